The normalized spacial score (nSPS) is 11.9. The molecule has 0 amide bonds. The standard InChI is InChI=1S/C17H25NO/c1-11(2)9-18-10-14-8-16-13(5)6-7-15(12(3)4)17(16)19-14/h6-8,11-12,18H,9-10H2,1-5H3. The van der Waals surface area contributed by atoms with Crippen LogP contribution in [0.25, 0.3) is 11.0 Å². The molecule has 1 heterocycles. The van der Waals surface area contributed by atoms with Crippen LogP contribution < -0.4 is 5.32 Å². The Hall–Kier alpha value is -1.28. The third-order valence-corrected chi connectivity index (χ3v) is 3.46. The van der Waals surface area contributed by atoms with E-state index in [4.69, 9.17) is 4.42 Å². The maximum Gasteiger partial charge on any atom is 0.138 e. The number of nitrogens with one attached hydrogen (secondary N) is 1. The highest BCUT2D eigenvalue weighted by Gasteiger charge is 2.12. The van der Waals surface area contributed by atoms with Gasteiger partial charge in [-0.1, -0.05) is 39.8 Å². The monoisotopic (exact) mass is 259 g/mol. The van der Waals surface area contributed by atoms with E-state index in [0.29, 0.717) is 11.8 Å². The molecule has 0 spiro atoms. The highest BCUT2D eigenvalue weighted by atomic mass is 16.3. The Morgan fingerprint density at radius 2 is 1.89 bits per heavy atom. The Balaban J connectivity index is 2.28. The molecule has 0 aliphatic carbocycles. The van der Waals surface area contributed by atoms with Gasteiger partial charge in [0.15, 0.2) is 0 Å². The summed E-state index contributed by atoms with van der Waals surface area (Å²) in [5.41, 5.74) is 3.66. The van der Waals surface area contributed by atoms with Gasteiger partial charge in [0.05, 0.1) is 6.54 Å². The van der Waals surface area contributed by atoms with E-state index in [0.717, 1.165) is 24.4 Å². The fraction of sp³-hybridized carbons (Fsp3) is 0.529. The maximum atomic E-state index is 6.06. The largest absolute Gasteiger partial charge is 0.459 e. The van der Waals surface area contributed by atoms with Crippen molar-refractivity contribution in [3.05, 3.63) is 35.1 Å². The Kier molecular flexibility index (Phi) is 4.31. The van der Waals surface area contributed by atoms with Crippen molar-refractivity contribution in [3.8, 4) is 0 Å². The number of benzene rings is 1. The van der Waals surface area contributed by atoms with Gasteiger partial charge in [-0.25, -0.2) is 0 Å². The minimum atomic E-state index is 0.491. The molecule has 0 atom stereocenters. The van der Waals surface area contributed by atoms with E-state index < -0.39 is 0 Å². The number of rotatable bonds is 5. The van der Waals surface area contributed by atoms with Crippen LogP contribution in [0.1, 0.15) is 50.5 Å². The Labute approximate surface area is 116 Å². The molecule has 1 aromatic heterocycles. The molecule has 0 saturated carbocycles. The van der Waals surface area contributed by atoms with E-state index in [1.807, 2.05) is 0 Å². The van der Waals surface area contributed by atoms with Crippen LogP contribution in [0, 0.1) is 12.8 Å². The van der Waals surface area contributed by atoms with Crippen LogP contribution in [0.3, 0.4) is 0 Å². The van der Waals surface area contributed by atoms with Gasteiger partial charge < -0.3 is 9.73 Å². The lowest BCUT2D eigenvalue weighted by atomic mass is 9.99. The second-order valence-electron chi connectivity index (χ2n) is 6.11. The van der Waals surface area contributed by atoms with E-state index >= 15 is 0 Å². The lowest BCUT2D eigenvalue weighted by molar-refractivity contribution is 0.483. The van der Waals surface area contributed by atoms with Crippen LogP contribution in [-0.4, -0.2) is 6.54 Å². The summed E-state index contributed by atoms with van der Waals surface area (Å²) >= 11 is 0. The Bertz CT molecular complexity index is 552. The van der Waals surface area contributed by atoms with E-state index in [2.05, 4.69) is 58.1 Å². The van der Waals surface area contributed by atoms with E-state index in [-0.39, 0.29) is 0 Å². The number of hydrogen-bond acceptors (Lipinski definition) is 2. The predicted octanol–water partition coefficient (Wildman–Crippen LogP) is 4.61. The first-order valence-corrected chi connectivity index (χ1v) is 7.21. The van der Waals surface area contributed by atoms with Crippen molar-refractivity contribution in [1.29, 1.82) is 0 Å². The molecule has 0 fully saturated rings. The molecule has 0 unspecified atom stereocenters. The molecular weight excluding hydrogens is 234 g/mol. The van der Waals surface area contributed by atoms with Crippen LogP contribution in [0.5, 0.6) is 0 Å². The molecule has 2 heteroatoms. The number of hydrogen-bond donors (Lipinski definition) is 1. The smallest absolute Gasteiger partial charge is 0.138 e. The summed E-state index contributed by atoms with van der Waals surface area (Å²) in [6.45, 7) is 12.8. The number of fused-ring (bicyclic) bond motifs is 1. The average Bonchev–Trinajstić information content (AvgIpc) is 2.73. The molecule has 0 aliphatic rings. The molecular formula is C17H25NO. The first-order valence-electron chi connectivity index (χ1n) is 7.21. The van der Waals surface area contributed by atoms with Crippen LogP contribution >= 0.6 is 0 Å². The summed E-state index contributed by atoms with van der Waals surface area (Å²) in [4.78, 5) is 0. The second-order valence-corrected chi connectivity index (χ2v) is 6.11. The van der Waals surface area contributed by atoms with Crippen molar-refractivity contribution < 1.29 is 4.42 Å². The molecule has 0 radical (unpaired) electrons. The average molecular weight is 259 g/mol. The van der Waals surface area contributed by atoms with Crippen molar-refractivity contribution in [3.63, 3.8) is 0 Å². The zero-order valence-electron chi connectivity index (χ0n) is 12.7. The van der Waals surface area contributed by atoms with Crippen molar-refractivity contribution >= 4 is 11.0 Å². The summed E-state index contributed by atoms with van der Waals surface area (Å²) < 4.78 is 6.06. The quantitative estimate of drug-likeness (QED) is 0.848. The van der Waals surface area contributed by atoms with Crippen molar-refractivity contribution in [2.24, 2.45) is 5.92 Å². The second kappa shape index (κ2) is 5.79. The Morgan fingerprint density at radius 1 is 1.16 bits per heavy atom. The first kappa shape index (κ1) is 14.1. The Morgan fingerprint density at radius 3 is 2.53 bits per heavy atom. The molecule has 19 heavy (non-hydrogen) atoms. The lowest BCUT2D eigenvalue weighted by Gasteiger charge is -2.07. The highest BCUT2D eigenvalue weighted by molar-refractivity contribution is 5.84. The van der Waals surface area contributed by atoms with Crippen LogP contribution in [0.4, 0.5) is 0 Å². The summed E-state index contributed by atoms with van der Waals surface area (Å²) in [6, 6.07) is 6.57. The van der Waals surface area contributed by atoms with E-state index in [1.165, 1.54) is 16.5 Å². The minimum Gasteiger partial charge on any atom is -0.459 e. The summed E-state index contributed by atoms with van der Waals surface area (Å²) in [7, 11) is 0. The van der Waals surface area contributed by atoms with Crippen molar-refractivity contribution in [2.45, 2.75) is 47.1 Å². The van der Waals surface area contributed by atoms with Gasteiger partial charge in [-0.15, -0.1) is 0 Å². The molecule has 0 bridgehead atoms. The molecule has 0 aliphatic heterocycles. The summed E-state index contributed by atoms with van der Waals surface area (Å²) in [6.07, 6.45) is 0. The molecule has 2 aromatic rings. The van der Waals surface area contributed by atoms with Crippen LogP contribution in [-0.2, 0) is 6.54 Å². The number of furan rings is 1. The fourth-order valence-corrected chi connectivity index (χ4v) is 2.36. The van der Waals surface area contributed by atoms with Crippen molar-refractivity contribution in [1.82, 2.24) is 5.32 Å². The van der Waals surface area contributed by atoms with Gasteiger partial charge in [0.2, 0.25) is 0 Å². The predicted molar refractivity (Wildman–Crippen MR) is 81.6 cm³/mol. The molecule has 0 saturated heterocycles. The van der Waals surface area contributed by atoms with E-state index in [9.17, 15) is 0 Å². The molecule has 104 valence electrons. The lowest BCUT2D eigenvalue weighted by Crippen LogP contribution is -2.18. The van der Waals surface area contributed by atoms with Gasteiger partial charge in [-0.3, -0.25) is 0 Å². The molecule has 1 aromatic carbocycles. The van der Waals surface area contributed by atoms with Gasteiger partial charge in [-0.05, 0) is 42.5 Å². The third-order valence-electron chi connectivity index (χ3n) is 3.46. The topological polar surface area (TPSA) is 25.2 Å². The number of aryl methyl sites for hydroxylation is 1. The van der Waals surface area contributed by atoms with Crippen molar-refractivity contribution in [2.75, 3.05) is 6.54 Å². The molecule has 2 rings (SSSR count). The van der Waals surface area contributed by atoms with Gasteiger partial charge in [0.25, 0.3) is 0 Å². The minimum absolute atomic E-state index is 0.491. The molecule has 1 N–H and O–H groups in total. The van der Waals surface area contributed by atoms with Gasteiger partial charge in [-0.2, -0.15) is 0 Å². The van der Waals surface area contributed by atoms with E-state index in [1.54, 1.807) is 0 Å². The third kappa shape index (κ3) is 3.19. The van der Waals surface area contributed by atoms with Gasteiger partial charge >= 0.3 is 0 Å². The summed E-state index contributed by atoms with van der Waals surface area (Å²) in [5.74, 6) is 2.19. The molecule has 2 nitrogen and oxygen atoms in total. The fourth-order valence-electron chi connectivity index (χ4n) is 2.36. The zero-order chi connectivity index (χ0) is 14.0. The maximum absolute atomic E-state index is 6.06. The zero-order valence-corrected chi connectivity index (χ0v) is 12.7. The first-order chi connectivity index (χ1) is 8.99. The van der Waals surface area contributed by atoms with Crippen LogP contribution in [0.15, 0.2) is 22.6 Å². The van der Waals surface area contributed by atoms with Gasteiger partial charge in [0, 0.05) is 5.39 Å². The summed E-state index contributed by atoms with van der Waals surface area (Å²) in [5, 5.41) is 4.69. The van der Waals surface area contributed by atoms with Crippen LogP contribution in [0.2, 0.25) is 0 Å². The highest BCUT2D eigenvalue weighted by Crippen LogP contribution is 2.30. The SMILES string of the molecule is Cc1ccc(C(C)C)c2oc(CNCC(C)C)cc12. The van der Waals surface area contributed by atoms with Gasteiger partial charge in [0.1, 0.15) is 11.3 Å².